The van der Waals surface area contributed by atoms with Crippen molar-refractivity contribution in [3.8, 4) is 5.75 Å². The van der Waals surface area contributed by atoms with Crippen molar-refractivity contribution in [3.63, 3.8) is 0 Å². The number of benzene rings is 1. The van der Waals surface area contributed by atoms with Crippen molar-refractivity contribution >= 4 is 12.1 Å². The van der Waals surface area contributed by atoms with Crippen molar-refractivity contribution < 1.29 is 19.4 Å². The van der Waals surface area contributed by atoms with Gasteiger partial charge in [0.1, 0.15) is 5.75 Å². The van der Waals surface area contributed by atoms with Crippen LogP contribution in [-0.4, -0.2) is 35.7 Å². The van der Waals surface area contributed by atoms with E-state index in [1.165, 1.54) is 29.2 Å². The summed E-state index contributed by atoms with van der Waals surface area (Å²) >= 11 is 0. The van der Waals surface area contributed by atoms with Gasteiger partial charge in [-0.3, -0.25) is 0 Å². The van der Waals surface area contributed by atoms with Gasteiger partial charge < -0.3 is 14.7 Å². The van der Waals surface area contributed by atoms with E-state index in [-0.39, 0.29) is 11.3 Å². The minimum absolute atomic E-state index is 0.0875. The molecule has 0 bridgehead atoms. The van der Waals surface area contributed by atoms with Gasteiger partial charge in [0.05, 0.1) is 5.56 Å². The lowest BCUT2D eigenvalue weighted by molar-refractivity contribution is 0.0696. The van der Waals surface area contributed by atoms with Crippen LogP contribution in [0.15, 0.2) is 24.3 Å². The maximum Gasteiger partial charge on any atom is 0.414 e. The Hall–Kier alpha value is -2.04. The predicted molar refractivity (Wildman–Crippen MR) is 57.7 cm³/mol. The number of amides is 1. The van der Waals surface area contributed by atoms with Crippen LogP contribution >= 0.6 is 0 Å². The number of carboxylic acids is 1. The van der Waals surface area contributed by atoms with E-state index in [2.05, 4.69) is 0 Å². The molecule has 86 valence electrons. The Morgan fingerprint density at radius 3 is 2.69 bits per heavy atom. The first-order valence-electron chi connectivity index (χ1n) is 4.81. The maximum absolute atomic E-state index is 11.4. The Labute approximate surface area is 93.2 Å². The Balaban J connectivity index is 2.78. The molecule has 0 saturated carbocycles. The molecule has 1 aromatic rings. The molecule has 0 aliphatic carbocycles. The molecule has 0 aliphatic heterocycles. The second-order valence-electron chi connectivity index (χ2n) is 3.22. The van der Waals surface area contributed by atoms with Crippen molar-refractivity contribution in [1.82, 2.24) is 4.90 Å². The molecule has 1 amide bonds. The topological polar surface area (TPSA) is 66.8 Å². The lowest BCUT2D eigenvalue weighted by atomic mass is 10.2. The van der Waals surface area contributed by atoms with E-state index < -0.39 is 12.1 Å². The molecule has 0 aliphatic rings. The molecule has 0 saturated heterocycles. The van der Waals surface area contributed by atoms with Crippen LogP contribution in [0.4, 0.5) is 4.79 Å². The van der Waals surface area contributed by atoms with Gasteiger partial charge in [-0.2, -0.15) is 0 Å². The first-order valence-corrected chi connectivity index (χ1v) is 4.81. The zero-order valence-corrected chi connectivity index (χ0v) is 9.14. The molecule has 1 N–H and O–H groups in total. The third-order valence-electron chi connectivity index (χ3n) is 2.07. The van der Waals surface area contributed by atoms with Crippen molar-refractivity contribution in [3.05, 3.63) is 29.8 Å². The molecule has 0 spiro atoms. The molecular weight excluding hydrogens is 210 g/mol. The van der Waals surface area contributed by atoms with Gasteiger partial charge in [-0.15, -0.1) is 0 Å². The van der Waals surface area contributed by atoms with Crippen LogP contribution in [-0.2, 0) is 0 Å². The van der Waals surface area contributed by atoms with E-state index in [9.17, 15) is 9.59 Å². The SMILES string of the molecule is CCN(C)C(=O)Oc1cccc(C(=O)O)c1. The van der Waals surface area contributed by atoms with Crippen molar-refractivity contribution in [2.75, 3.05) is 13.6 Å². The number of carbonyl (C=O) groups excluding carboxylic acids is 1. The fourth-order valence-electron chi connectivity index (χ4n) is 1.00. The first-order chi connectivity index (χ1) is 7.54. The van der Waals surface area contributed by atoms with Crippen LogP contribution in [0.5, 0.6) is 5.75 Å². The minimum Gasteiger partial charge on any atom is -0.478 e. The molecule has 0 atom stereocenters. The lowest BCUT2D eigenvalue weighted by Gasteiger charge is -2.14. The van der Waals surface area contributed by atoms with E-state index in [4.69, 9.17) is 9.84 Å². The molecular formula is C11H13NO4. The summed E-state index contributed by atoms with van der Waals surface area (Å²) in [6.07, 6.45) is -0.509. The Bertz CT molecular complexity index is 403. The van der Waals surface area contributed by atoms with E-state index in [1.54, 1.807) is 7.05 Å². The highest BCUT2D eigenvalue weighted by Crippen LogP contribution is 2.14. The van der Waals surface area contributed by atoms with Gasteiger partial charge in [0.2, 0.25) is 0 Å². The monoisotopic (exact) mass is 223 g/mol. The van der Waals surface area contributed by atoms with Crippen molar-refractivity contribution in [1.29, 1.82) is 0 Å². The number of nitrogens with zero attached hydrogens (tertiary/aromatic N) is 1. The highest BCUT2D eigenvalue weighted by atomic mass is 16.6. The zero-order chi connectivity index (χ0) is 12.1. The van der Waals surface area contributed by atoms with E-state index in [0.29, 0.717) is 6.54 Å². The Morgan fingerprint density at radius 1 is 1.44 bits per heavy atom. The molecule has 0 radical (unpaired) electrons. The van der Waals surface area contributed by atoms with Crippen molar-refractivity contribution in [2.45, 2.75) is 6.92 Å². The van der Waals surface area contributed by atoms with Gasteiger partial charge in [-0.05, 0) is 25.1 Å². The standard InChI is InChI=1S/C11H13NO4/c1-3-12(2)11(15)16-9-6-4-5-8(7-9)10(13)14/h4-7H,3H2,1-2H3,(H,13,14). The van der Waals surface area contributed by atoms with Crippen LogP contribution < -0.4 is 4.74 Å². The molecule has 0 aromatic heterocycles. The molecule has 16 heavy (non-hydrogen) atoms. The lowest BCUT2D eigenvalue weighted by Crippen LogP contribution is -2.29. The quantitative estimate of drug-likeness (QED) is 0.848. The summed E-state index contributed by atoms with van der Waals surface area (Å²) in [5, 5.41) is 8.75. The number of ether oxygens (including phenoxy) is 1. The highest BCUT2D eigenvalue weighted by molar-refractivity contribution is 5.88. The van der Waals surface area contributed by atoms with Crippen LogP contribution in [0.3, 0.4) is 0 Å². The normalized spacial score (nSPS) is 9.62. The summed E-state index contributed by atoms with van der Waals surface area (Å²) in [4.78, 5) is 23.4. The highest BCUT2D eigenvalue weighted by Gasteiger charge is 2.10. The van der Waals surface area contributed by atoms with Gasteiger partial charge in [0.15, 0.2) is 0 Å². The predicted octanol–water partition coefficient (Wildman–Crippen LogP) is 1.84. The van der Waals surface area contributed by atoms with Crippen molar-refractivity contribution in [2.24, 2.45) is 0 Å². The summed E-state index contributed by atoms with van der Waals surface area (Å²) < 4.78 is 4.98. The number of aromatic carboxylic acids is 1. The fraction of sp³-hybridized carbons (Fsp3) is 0.273. The Kier molecular flexibility index (Phi) is 3.88. The average molecular weight is 223 g/mol. The van der Waals surface area contributed by atoms with Crippen LogP contribution in [0.25, 0.3) is 0 Å². The molecule has 0 fully saturated rings. The summed E-state index contributed by atoms with van der Waals surface area (Å²) in [6, 6.07) is 5.80. The molecule has 5 heteroatoms. The second kappa shape index (κ2) is 5.16. The summed E-state index contributed by atoms with van der Waals surface area (Å²) in [7, 11) is 1.60. The van der Waals surface area contributed by atoms with Gasteiger partial charge in [0, 0.05) is 13.6 Å². The van der Waals surface area contributed by atoms with E-state index >= 15 is 0 Å². The molecule has 5 nitrogen and oxygen atoms in total. The van der Waals surface area contributed by atoms with E-state index in [1.807, 2.05) is 6.92 Å². The fourth-order valence-corrected chi connectivity index (χ4v) is 1.00. The molecule has 1 rings (SSSR count). The average Bonchev–Trinajstić information content (AvgIpc) is 2.28. The maximum atomic E-state index is 11.4. The van der Waals surface area contributed by atoms with Gasteiger partial charge in [-0.1, -0.05) is 6.07 Å². The number of carbonyl (C=O) groups is 2. The second-order valence-corrected chi connectivity index (χ2v) is 3.22. The van der Waals surface area contributed by atoms with E-state index in [0.717, 1.165) is 0 Å². The number of carboxylic acid groups (broad SMARTS) is 1. The van der Waals surface area contributed by atoms with Crippen LogP contribution in [0, 0.1) is 0 Å². The summed E-state index contributed by atoms with van der Waals surface area (Å²) in [6.45, 7) is 2.34. The first kappa shape index (κ1) is 12.0. The number of hydrogen-bond donors (Lipinski definition) is 1. The molecule has 0 heterocycles. The third-order valence-corrected chi connectivity index (χ3v) is 2.07. The number of hydrogen-bond acceptors (Lipinski definition) is 3. The molecule has 0 unspecified atom stereocenters. The largest absolute Gasteiger partial charge is 0.478 e. The van der Waals surface area contributed by atoms with Gasteiger partial charge in [0.25, 0.3) is 0 Å². The smallest absolute Gasteiger partial charge is 0.414 e. The minimum atomic E-state index is -1.05. The van der Waals surface area contributed by atoms with Crippen LogP contribution in [0.1, 0.15) is 17.3 Å². The van der Waals surface area contributed by atoms with Gasteiger partial charge >= 0.3 is 12.1 Å². The van der Waals surface area contributed by atoms with Crippen LogP contribution in [0.2, 0.25) is 0 Å². The summed E-state index contributed by atoms with van der Waals surface area (Å²) in [5.74, 6) is -0.827. The Morgan fingerprint density at radius 2 is 2.12 bits per heavy atom. The zero-order valence-electron chi connectivity index (χ0n) is 9.14. The van der Waals surface area contributed by atoms with Gasteiger partial charge in [-0.25, -0.2) is 9.59 Å². The molecule has 1 aromatic carbocycles. The third kappa shape index (κ3) is 2.98. The summed E-state index contributed by atoms with van der Waals surface area (Å²) in [5.41, 5.74) is 0.0875. The number of rotatable bonds is 3.